The number of benzene rings is 2. The van der Waals surface area contributed by atoms with Gasteiger partial charge in [0.25, 0.3) is 0 Å². The van der Waals surface area contributed by atoms with Crippen LogP contribution >= 0.6 is 11.6 Å². The number of nitrogen functional groups attached to an aromatic ring is 1. The number of halogens is 2. The zero-order chi connectivity index (χ0) is 22.6. The molecule has 3 aromatic rings. The molecular formula is C20H18ClFN4O4S. The standard InChI is InChI=1S/C20H18ClFN4O4S/c1-12-2-4-13(5-3-12)25-18(27)11-31(28,29)26-14-6-7-16(15(22)10-14)30-17-8-9-24-20(23)19(17)21/h2-10,26H,11H2,1H3,(H2,23,24)(H,25,27). The van der Waals surface area contributed by atoms with Gasteiger partial charge in [-0.3, -0.25) is 9.52 Å². The van der Waals surface area contributed by atoms with Crippen LogP contribution in [-0.4, -0.2) is 25.1 Å². The molecule has 0 aliphatic carbocycles. The van der Waals surface area contributed by atoms with Gasteiger partial charge in [-0.2, -0.15) is 0 Å². The summed E-state index contributed by atoms with van der Waals surface area (Å²) >= 11 is 5.96. The number of ether oxygens (including phenoxy) is 1. The molecule has 4 N–H and O–H groups in total. The molecule has 0 unspecified atom stereocenters. The van der Waals surface area contributed by atoms with Crippen LogP contribution < -0.4 is 20.5 Å². The number of nitrogens with two attached hydrogens (primary N) is 1. The summed E-state index contributed by atoms with van der Waals surface area (Å²) in [4.78, 5) is 15.8. The molecule has 3 rings (SSSR count). The normalized spacial score (nSPS) is 11.1. The predicted octanol–water partition coefficient (Wildman–Crippen LogP) is 3.94. The molecule has 162 valence electrons. The first-order chi connectivity index (χ1) is 14.6. The maximum Gasteiger partial charge on any atom is 0.241 e. The maximum atomic E-state index is 14.4. The average Bonchev–Trinajstić information content (AvgIpc) is 2.68. The predicted molar refractivity (Wildman–Crippen MR) is 117 cm³/mol. The van der Waals surface area contributed by atoms with Crippen molar-refractivity contribution < 1.29 is 22.3 Å². The van der Waals surface area contributed by atoms with Crippen molar-refractivity contribution >= 4 is 44.7 Å². The van der Waals surface area contributed by atoms with Crippen LogP contribution in [0.1, 0.15) is 5.56 Å². The van der Waals surface area contributed by atoms with Gasteiger partial charge in [0.15, 0.2) is 17.3 Å². The molecule has 0 saturated heterocycles. The fourth-order valence-electron chi connectivity index (χ4n) is 2.51. The highest BCUT2D eigenvalue weighted by Gasteiger charge is 2.18. The largest absolute Gasteiger partial charge is 0.453 e. The summed E-state index contributed by atoms with van der Waals surface area (Å²) in [5.74, 6) is -2.51. The van der Waals surface area contributed by atoms with Gasteiger partial charge in [-0.15, -0.1) is 0 Å². The summed E-state index contributed by atoms with van der Waals surface area (Å²) in [5, 5.41) is 2.51. The van der Waals surface area contributed by atoms with Gasteiger partial charge in [0.05, 0.1) is 5.69 Å². The second-order valence-electron chi connectivity index (χ2n) is 6.53. The third kappa shape index (κ3) is 6.06. The molecule has 31 heavy (non-hydrogen) atoms. The van der Waals surface area contributed by atoms with Crippen molar-refractivity contribution in [2.75, 3.05) is 21.5 Å². The Hall–Kier alpha value is -3.37. The Morgan fingerprint density at radius 2 is 1.81 bits per heavy atom. The minimum Gasteiger partial charge on any atom is -0.453 e. The number of pyridine rings is 1. The molecule has 0 bridgehead atoms. The molecule has 0 saturated carbocycles. The molecule has 0 aliphatic heterocycles. The third-order valence-electron chi connectivity index (χ3n) is 3.96. The van der Waals surface area contributed by atoms with Gasteiger partial charge in [-0.05, 0) is 31.2 Å². The van der Waals surface area contributed by atoms with E-state index in [0.717, 1.165) is 11.6 Å². The molecule has 11 heteroatoms. The molecule has 8 nitrogen and oxygen atoms in total. The first kappa shape index (κ1) is 22.3. The van der Waals surface area contributed by atoms with Crippen molar-refractivity contribution in [1.29, 1.82) is 0 Å². The highest BCUT2D eigenvalue weighted by atomic mass is 35.5. The first-order valence-corrected chi connectivity index (χ1v) is 10.9. The smallest absolute Gasteiger partial charge is 0.241 e. The van der Waals surface area contributed by atoms with Crippen LogP contribution in [0.5, 0.6) is 11.5 Å². The lowest BCUT2D eigenvalue weighted by Gasteiger charge is -2.12. The fraction of sp³-hybridized carbons (Fsp3) is 0.100. The van der Waals surface area contributed by atoms with E-state index < -0.39 is 27.5 Å². The molecule has 0 atom stereocenters. The number of nitrogens with zero attached hydrogens (tertiary/aromatic N) is 1. The lowest BCUT2D eigenvalue weighted by Crippen LogP contribution is -2.27. The highest BCUT2D eigenvalue weighted by Crippen LogP contribution is 2.34. The Morgan fingerprint density at radius 1 is 1.13 bits per heavy atom. The Kier molecular flexibility index (Phi) is 6.62. The Balaban J connectivity index is 1.66. The molecule has 0 radical (unpaired) electrons. The van der Waals surface area contributed by atoms with E-state index in [1.807, 2.05) is 6.92 Å². The van der Waals surface area contributed by atoms with Gasteiger partial charge < -0.3 is 15.8 Å². The van der Waals surface area contributed by atoms with E-state index in [-0.39, 0.29) is 28.0 Å². The Bertz CT molecular complexity index is 1220. The van der Waals surface area contributed by atoms with Crippen molar-refractivity contribution in [3.8, 4) is 11.5 Å². The van der Waals surface area contributed by atoms with Crippen molar-refractivity contribution in [3.05, 3.63) is 71.1 Å². The summed E-state index contributed by atoms with van der Waals surface area (Å²) < 4.78 is 46.5. The molecular weight excluding hydrogens is 447 g/mol. The van der Waals surface area contributed by atoms with Crippen LogP contribution in [0.2, 0.25) is 5.02 Å². The molecule has 0 spiro atoms. The number of hydrogen-bond acceptors (Lipinski definition) is 6. The minimum absolute atomic E-state index is 0.0197. The Morgan fingerprint density at radius 3 is 2.48 bits per heavy atom. The average molecular weight is 465 g/mol. The fourth-order valence-corrected chi connectivity index (χ4v) is 3.63. The number of aromatic nitrogens is 1. The summed E-state index contributed by atoms with van der Waals surface area (Å²) in [6.45, 7) is 1.89. The zero-order valence-corrected chi connectivity index (χ0v) is 17.8. The number of aryl methyl sites for hydroxylation is 1. The van der Waals surface area contributed by atoms with Crippen molar-refractivity contribution in [2.24, 2.45) is 0 Å². The number of carbonyl (C=O) groups excluding carboxylic acids is 1. The molecule has 0 aliphatic rings. The number of rotatable bonds is 7. The van der Waals surface area contributed by atoms with E-state index in [9.17, 15) is 17.6 Å². The van der Waals surface area contributed by atoms with Gasteiger partial charge in [-0.25, -0.2) is 17.8 Å². The van der Waals surface area contributed by atoms with Crippen LogP contribution in [0, 0.1) is 12.7 Å². The van der Waals surface area contributed by atoms with E-state index in [2.05, 4.69) is 15.0 Å². The Labute approximate surface area is 183 Å². The van der Waals surface area contributed by atoms with Crippen molar-refractivity contribution in [1.82, 2.24) is 4.98 Å². The number of carbonyl (C=O) groups is 1. The first-order valence-electron chi connectivity index (χ1n) is 8.87. The topological polar surface area (TPSA) is 123 Å². The minimum atomic E-state index is -4.08. The van der Waals surface area contributed by atoms with Gasteiger partial charge in [0.1, 0.15) is 16.6 Å². The lowest BCUT2D eigenvalue weighted by atomic mass is 10.2. The number of sulfonamides is 1. The summed E-state index contributed by atoms with van der Waals surface area (Å²) in [6.07, 6.45) is 1.35. The van der Waals surface area contributed by atoms with E-state index >= 15 is 0 Å². The number of amides is 1. The lowest BCUT2D eigenvalue weighted by molar-refractivity contribution is -0.113. The van der Waals surface area contributed by atoms with Crippen LogP contribution in [0.3, 0.4) is 0 Å². The maximum absolute atomic E-state index is 14.4. The second kappa shape index (κ2) is 9.19. The molecule has 2 aromatic carbocycles. The van der Waals surface area contributed by atoms with Crippen molar-refractivity contribution in [3.63, 3.8) is 0 Å². The number of hydrogen-bond donors (Lipinski definition) is 3. The van der Waals surface area contributed by atoms with Gasteiger partial charge in [0.2, 0.25) is 15.9 Å². The van der Waals surface area contributed by atoms with Crippen LogP contribution in [0.15, 0.2) is 54.7 Å². The third-order valence-corrected chi connectivity index (χ3v) is 5.53. The quantitative estimate of drug-likeness (QED) is 0.486. The van der Waals surface area contributed by atoms with Crippen LogP contribution in [-0.2, 0) is 14.8 Å². The van der Waals surface area contributed by atoms with E-state index in [4.69, 9.17) is 22.1 Å². The van der Waals surface area contributed by atoms with Crippen molar-refractivity contribution in [2.45, 2.75) is 6.92 Å². The SMILES string of the molecule is Cc1ccc(NC(=O)CS(=O)(=O)Nc2ccc(Oc3ccnc(N)c3Cl)c(F)c2)cc1. The van der Waals surface area contributed by atoms with E-state index in [1.165, 1.54) is 24.4 Å². The summed E-state index contributed by atoms with van der Waals surface area (Å²) in [7, 11) is -4.08. The van der Waals surface area contributed by atoms with E-state index in [1.54, 1.807) is 24.3 Å². The summed E-state index contributed by atoms with van der Waals surface area (Å²) in [5.41, 5.74) is 6.96. The highest BCUT2D eigenvalue weighted by molar-refractivity contribution is 7.93. The zero-order valence-electron chi connectivity index (χ0n) is 16.2. The van der Waals surface area contributed by atoms with Crippen LogP contribution in [0.4, 0.5) is 21.6 Å². The molecule has 0 fully saturated rings. The number of anilines is 3. The molecule has 1 aromatic heterocycles. The molecule has 1 amide bonds. The van der Waals surface area contributed by atoms with Gasteiger partial charge in [0, 0.05) is 24.0 Å². The summed E-state index contributed by atoms with van der Waals surface area (Å²) in [6, 6.07) is 11.7. The van der Waals surface area contributed by atoms with Gasteiger partial charge in [-0.1, -0.05) is 29.3 Å². The van der Waals surface area contributed by atoms with E-state index in [0.29, 0.717) is 5.69 Å². The number of nitrogens with one attached hydrogen (secondary N) is 2. The monoisotopic (exact) mass is 464 g/mol. The second-order valence-corrected chi connectivity index (χ2v) is 8.63. The van der Waals surface area contributed by atoms with Gasteiger partial charge >= 0.3 is 0 Å². The molecule has 1 heterocycles. The van der Waals surface area contributed by atoms with Crippen LogP contribution in [0.25, 0.3) is 0 Å².